The summed E-state index contributed by atoms with van der Waals surface area (Å²) in [7, 11) is 0. The number of nitrogen functional groups attached to an aromatic ring is 1. The molecule has 19 heavy (non-hydrogen) atoms. The van der Waals surface area contributed by atoms with Crippen molar-refractivity contribution in [1.29, 1.82) is 0 Å². The van der Waals surface area contributed by atoms with Gasteiger partial charge in [0.05, 0.1) is 9.26 Å². The van der Waals surface area contributed by atoms with Crippen molar-refractivity contribution in [2.75, 3.05) is 5.73 Å². The number of aryl methyl sites for hydroxylation is 1. The van der Waals surface area contributed by atoms with Gasteiger partial charge in [-0.05, 0) is 85.8 Å². The lowest BCUT2D eigenvalue weighted by Crippen LogP contribution is -2.49. The Hall–Kier alpha value is -0.390. The summed E-state index contributed by atoms with van der Waals surface area (Å²) in [4.78, 5) is 9.51. The second kappa shape index (κ2) is 4.06. The molecule has 0 radical (unpaired) electrons. The molecule has 4 aliphatic rings. The van der Waals surface area contributed by atoms with Crippen molar-refractivity contribution in [3.05, 3.63) is 15.1 Å². The molecule has 2 N–H and O–H groups in total. The van der Waals surface area contributed by atoms with Crippen LogP contribution in [0.1, 0.15) is 50.0 Å². The van der Waals surface area contributed by atoms with Crippen LogP contribution in [0, 0.1) is 28.2 Å². The molecule has 4 saturated carbocycles. The maximum Gasteiger partial charge on any atom is 0.140 e. The minimum Gasteiger partial charge on any atom is -0.383 e. The maximum atomic E-state index is 6.08. The van der Waals surface area contributed by atoms with E-state index < -0.39 is 0 Å². The molecule has 0 saturated heterocycles. The molecule has 1 heterocycles. The van der Waals surface area contributed by atoms with Crippen LogP contribution in [0.5, 0.6) is 0 Å². The number of aromatic nitrogens is 2. The Kier molecular flexibility index (Phi) is 2.64. The van der Waals surface area contributed by atoms with E-state index in [0.717, 1.165) is 32.8 Å². The lowest BCUT2D eigenvalue weighted by atomic mass is 9.49. The van der Waals surface area contributed by atoms with Gasteiger partial charge < -0.3 is 5.73 Å². The second-order valence-corrected chi connectivity index (χ2v) is 8.11. The van der Waals surface area contributed by atoms with Crippen molar-refractivity contribution in [3.8, 4) is 0 Å². The first-order valence-electron chi connectivity index (χ1n) is 7.36. The Balaban J connectivity index is 1.79. The summed E-state index contributed by atoms with van der Waals surface area (Å²) in [6.07, 6.45) is 8.28. The van der Waals surface area contributed by atoms with E-state index in [0.29, 0.717) is 5.82 Å². The highest BCUT2D eigenvalue weighted by Gasteiger charge is 2.53. The molecule has 5 rings (SSSR count). The molecule has 4 fully saturated rings. The number of nitrogens with two attached hydrogens (primary N) is 1. The topological polar surface area (TPSA) is 51.8 Å². The average molecular weight is 369 g/mol. The minimum absolute atomic E-state index is 0.262. The zero-order valence-corrected chi connectivity index (χ0v) is 13.5. The van der Waals surface area contributed by atoms with E-state index in [1.165, 1.54) is 38.5 Å². The van der Waals surface area contributed by atoms with Gasteiger partial charge in [-0.3, -0.25) is 0 Å². The molecule has 0 aliphatic heterocycles. The number of hydrogen-bond acceptors (Lipinski definition) is 3. The molecule has 0 atom stereocenters. The van der Waals surface area contributed by atoms with Crippen molar-refractivity contribution in [2.24, 2.45) is 17.8 Å². The number of rotatable bonds is 1. The summed E-state index contributed by atoms with van der Waals surface area (Å²) in [5.41, 5.74) is 7.40. The zero-order chi connectivity index (χ0) is 13.2. The van der Waals surface area contributed by atoms with Crippen molar-refractivity contribution < 1.29 is 0 Å². The van der Waals surface area contributed by atoms with Crippen LogP contribution in [0.25, 0.3) is 0 Å². The third kappa shape index (κ3) is 1.82. The van der Waals surface area contributed by atoms with E-state index in [9.17, 15) is 0 Å². The van der Waals surface area contributed by atoms with Crippen LogP contribution in [0.4, 0.5) is 5.82 Å². The minimum atomic E-state index is 0.262. The first-order chi connectivity index (χ1) is 9.06. The Morgan fingerprint density at radius 3 is 2.05 bits per heavy atom. The largest absolute Gasteiger partial charge is 0.383 e. The monoisotopic (exact) mass is 369 g/mol. The van der Waals surface area contributed by atoms with Gasteiger partial charge in [-0.1, -0.05) is 0 Å². The fourth-order valence-corrected chi connectivity index (χ4v) is 5.44. The van der Waals surface area contributed by atoms with Gasteiger partial charge in [0, 0.05) is 5.41 Å². The van der Waals surface area contributed by atoms with Crippen molar-refractivity contribution in [2.45, 2.75) is 50.9 Å². The van der Waals surface area contributed by atoms with Crippen LogP contribution in [0.2, 0.25) is 0 Å². The molecule has 102 valence electrons. The number of hydrogen-bond donors (Lipinski definition) is 1. The maximum absolute atomic E-state index is 6.08. The molecule has 0 spiro atoms. The zero-order valence-electron chi connectivity index (χ0n) is 11.3. The summed E-state index contributed by atoms with van der Waals surface area (Å²) in [5.74, 6) is 4.52. The first-order valence-corrected chi connectivity index (χ1v) is 8.44. The molecule has 4 bridgehead atoms. The summed E-state index contributed by atoms with van der Waals surface area (Å²) in [5, 5.41) is 0. The van der Waals surface area contributed by atoms with E-state index in [4.69, 9.17) is 10.7 Å². The van der Waals surface area contributed by atoms with Gasteiger partial charge in [0.2, 0.25) is 0 Å². The van der Waals surface area contributed by atoms with Crippen LogP contribution < -0.4 is 5.73 Å². The standard InChI is InChI=1S/C15H20IN3/c1-8-12(16)13(17)19-14(18-8)15-5-9-2-10(6-15)4-11(3-9)7-15/h9-11H,2-7H2,1H3,(H2,17,18,19). The summed E-state index contributed by atoms with van der Waals surface area (Å²) < 4.78 is 1.02. The third-order valence-corrected chi connectivity index (χ3v) is 6.89. The van der Waals surface area contributed by atoms with Crippen LogP contribution in [-0.2, 0) is 5.41 Å². The molecule has 1 aromatic rings. The predicted molar refractivity (Wildman–Crippen MR) is 83.7 cm³/mol. The van der Waals surface area contributed by atoms with Crippen LogP contribution in [0.3, 0.4) is 0 Å². The Morgan fingerprint density at radius 2 is 1.58 bits per heavy atom. The van der Waals surface area contributed by atoms with E-state index in [1.54, 1.807) is 0 Å². The van der Waals surface area contributed by atoms with Gasteiger partial charge in [0.1, 0.15) is 11.6 Å². The first kappa shape index (κ1) is 12.4. The fraction of sp³-hybridized carbons (Fsp3) is 0.733. The Labute approximate surface area is 127 Å². The predicted octanol–water partition coefficient (Wildman–Crippen LogP) is 3.44. The van der Waals surface area contributed by atoms with Gasteiger partial charge in [-0.15, -0.1) is 0 Å². The number of halogens is 1. The Bertz CT molecular complexity index is 482. The lowest BCUT2D eigenvalue weighted by Gasteiger charge is -2.56. The number of anilines is 1. The number of nitrogens with zero attached hydrogens (tertiary/aromatic N) is 2. The van der Waals surface area contributed by atoms with Crippen LogP contribution >= 0.6 is 22.6 Å². The van der Waals surface area contributed by atoms with Gasteiger partial charge >= 0.3 is 0 Å². The van der Waals surface area contributed by atoms with Crippen LogP contribution in [-0.4, -0.2) is 9.97 Å². The van der Waals surface area contributed by atoms with Crippen molar-refractivity contribution in [3.63, 3.8) is 0 Å². The molecular weight excluding hydrogens is 349 g/mol. The molecular formula is C15H20IN3. The summed E-state index contributed by atoms with van der Waals surface area (Å²) in [6, 6.07) is 0. The van der Waals surface area contributed by atoms with E-state index in [2.05, 4.69) is 34.5 Å². The van der Waals surface area contributed by atoms with E-state index in [-0.39, 0.29) is 5.41 Å². The molecule has 4 heteroatoms. The normalized spacial score (nSPS) is 39.8. The van der Waals surface area contributed by atoms with Crippen molar-refractivity contribution in [1.82, 2.24) is 9.97 Å². The Morgan fingerprint density at radius 1 is 1.05 bits per heavy atom. The summed E-state index contributed by atoms with van der Waals surface area (Å²) >= 11 is 2.25. The van der Waals surface area contributed by atoms with E-state index >= 15 is 0 Å². The molecule has 0 aromatic carbocycles. The van der Waals surface area contributed by atoms with Gasteiger partial charge in [0.25, 0.3) is 0 Å². The average Bonchev–Trinajstić information content (AvgIpc) is 2.33. The fourth-order valence-electron chi connectivity index (χ4n) is 5.20. The molecule has 1 aromatic heterocycles. The highest BCUT2D eigenvalue weighted by Crippen LogP contribution is 2.60. The highest BCUT2D eigenvalue weighted by atomic mass is 127. The molecule has 0 unspecified atom stereocenters. The van der Waals surface area contributed by atoms with Crippen LogP contribution in [0.15, 0.2) is 0 Å². The quantitative estimate of drug-likeness (QED) is 0.772. The third-order valence-electron chi connectivity index (χ3n) is 5.56. The van der Waals surface area contributed by atoms with Gasteiger partial charge in [0.15, 0.2) is 0 Å². The molecule has 0 amide bonds. The second-order valence-electron chi connectivity index (χ2n) is 7.03. The molecule has 3 nitrogen and oxygen atoms in total. The van der Waals surface area contributed by atoms with Gasteiger partial charge in [-0.25, -0.2) is 9.97 Å². The van der Waals surface area contributed by atoms with Gasteiger partial charge in [-0.2, -0.15) is 0 Å². The van der Waals surface area contributed by atoms with Crippen molar-refractivity contribution >= 4 is 28.4 Å². The molecule has 4 aliphatic carbocycles. The van der Waals surface area contributed by atoms with E-state index in [1.807, 2.05) is 0 Å². The highest BCUT2D eigenvalue weighted by molar-refractivity contribution is 14.1. The lowest BCUT2D eigenvalue weighted by molar-refractivity contribution is -0.00941. The smallest absolute Gasteiger partial charge is 0.140 e. The SMILES string of the molecule is Cc1nc(C23CC4CC(CC(C4)C2)C3)nc(N)c1I. The summed E-state index contributed by atoms with van der Waals surface area (Å²) in [6.45, 7) is 2.06.